The van der Waals surface area contributed by atoms with Crippen molar-refractivity contribution in [3.8, 4) is 0 Å². The first kappa shape index (κ1) is 75.4. The standard InChI is InChI=1S/C72H132O6/c1-4-7-10-13-15-17-19-21-23-25-27-29-30-31-32-33-34-35-36-37-38-39-40-41-42-43-45-46-48-50-52-54-56-59-62-65-71(74)77-68-69(67-76-70(73)64-61-58-12-9-6-3)78-72(75)66-63-60-57-55-53-51-49-47-44-28-26-24-22-20-18-16-14-11-8-5-2/h7,10,15,17,21,23,27,29,69H,4-6,8-9,11-14,16,18-20,22,24-26,28,30-68H2,1-3H3/b10-7-,17-15-,23-21-,29-27-. The fourth-order valence-corrected chi connectivity index (χ4v) is 10.4. The van der Waals surface area contributed by atoms with Crippen LogP contribution in [0.2, 0.25) is 0 Å². The molecule has 0 aliphatic carbocycles. The third kappa shape index (κ3) is 64.2. The molecule has 0 aromatic rings. The van der Waals surface area contributed by atoms with Gasteiger partial charge in [-0.25, -0.2) is 0 Å². The van der Waals surface area contributed by atoms with E-state index < -0.39 is 6.10 Å². The molecule has 6 heteroatoms. The highest BCUT2D eigenvalue weighted by molar-refractivity contribution is 5.71. The van der Waals surface area contributed by atoms with Crippen LogP contribution in [-0.2, 0) is 28.6 Å². The number of rotatable bonds is 64. The topological polar surface area (TPSA) is 78.9 Å². The lowest BCUT2D eigenvalue weighted by Gasteiger charge is -2.18. The molecule has 0 amide bonds. The van der Waals surface area contributed by atoms with Crippen LogP contribution in [0.4, 0.5) is 0 Å². The van der Waals surface area contributed by atoms with Crippen LogP contribution >= 0.6 is 0 Å². The van der Waals surface area contributed by atoms with Crippen molar-refractivity contribution in [3.63, 3.8) is 0 Å². The first-order valence-electron chi connectivity index (χ1n) is 34.6. The first-order valence-corrected chi connectivity index (χ1v) is 34.6. The van der Waals surface area contributed by atoms with Crippen molar-refractivity contribution < 1.29 is 28.6 Å². The summed E-state index contributed by atoms with van der Waals surface area (Å²) in [7, 11) is 0. The molecule has 78 heavy (non-hydrogen) atoms. The second kappa shape index (κ2) is 66.9. The molecule has 0 aliphatic heterocycles. The zero-order valence-electron chi connectivity index (χ0n) is 52.5. The summed E-state index contributed by atoms with van der Waals surface area (Å²) in [5.74, 6) is -0.854. The highest BCUT2D eigenvalue weighted by Gasteiger charge is 2.19. The largest absolute Gasteiger partial charge is 0.462 e. The summed E-state index contributed by atoms with van der Waals surface area (Å²) < 4.78 is 16.8. The Hall–Kier alpha value is -2.63. The van der Waals surface area contributed by atoms with E-state index in [1.807, 2.05) is 0 Å². The second-order valence-electron chi connectivity index (χ2n) is 23.4. The van der Waals surface area contributed by atoms with Gasteiger partial charge in [0.05, 0.1) is 0 Å². The molecule has 0 rings (SSSR count). The molecule has 0 radical (unpaired) electrons. The van der Waals surface area contributed by atoms with Gasteiger partial charge in [-0.3, -0.25) is 14.4 Å². The number of carbonyl (C=O) groups is 3. The lowest BCUT2D eigenvalue weighted by Crippen LogP contribution is -2.30. The van der Waals surface area contributed by atoms with Crippen LogP contribution in [0, 0.1) is 0 Å². The van der Waals surface area contributed by atoms with Crippen LogP contribution in [0.15, 0.2) is 48.6 Å². The van der Waals surface area contributed by atoms with E-state index >= 15 is 0 Å². The van der Waals surface area contributed by atoms with E-state index in [0.29, 0.717) is 19.3 Å². The van der Waals surface area contributed by atoms with Crippen molar-refractivity contribution in [2.75, 3.05) is 13.2 Å². The molecule has 0 aromatic carbocycles. The minimum atomic E-state index is -0.764. The minimum Gasteiger partial charge on any atom is -0.462 e. The molecule has 0 N–H and O–H groups in total. The van der Waals surface area contributed by atoms with Crippen LogP contribution in [0.25, 0.3) is 0 Å². The van der Waals surface area contributed by atoms with E-state index in [2.05, 4.69) is 69.4 Å². The third-order valence-corrected chi connectivity index (χ3v) is 15.6. The van der Waals surface area contributed by atoms with Gasteiger partial charge in [-0.15, -0.1) is 0 Å². The summed E-state index contributed by atoms with van der Waals surface area (Å²) >= 11 is 0. The molecule has 0 fully saturated rings. The van der Waals surface area contributed by atoms with E-state index in [0.717, 1.165) is 89.9 Å². The van der Waals surface area contributed by atoms with Gasteiger partial charge in [0.15, 0.2) is 6.10 Å². The quantitative estimate of drug-likeness (QED) is 0.0261. The predicted molar refractivity (Wildman–Crippen MR) is 339 cm³/mol. The molecule has 0 saturated carbocycles. The van der Waals surface area contributed by atoms with Crippen LogP contribution in [0.5, 0.6) is 0 Å². The first-order chi connectivity index (χ1) is 38.5. The molecule has 6 nitrogen and oxygen atoms in total. The minimum absolute atomic E-state index is 0.0660. The van der Waals surface area contributed by atoms with Crippen molar-refractivity contribution in [1.82, 2.24) is 0 Å². The number of hydrogen-bond acceptors (Lipinski definition) is 6. The van der Waals surface area contributed by atoms with Crippen molar-refractivity contribution in [1.29, 1.82) is 0 Å². The van der Waals surface area contributed by atoms with Gasteiger partial charge in [0.2, 0.25) is 0 Å². The lowest BCUT2D eigenvalue weighted by atomic mass is 10.0. The molecule has 0 heterocycles. The Balaban J connectivity index is 3.87. The summed E-state index contributed by atoms with van der Waals surface area (Å²) in [6.45, 7) is 6.51. The maximum Gasteiger partial charge on any atom is 0.306 e. The van der Waals surface area contributed by atoms with E-state index in [1.165, 1.54) is 244 Å². The number of carbonyl (C=O) groups excluding carboxylic acids is 3. The summed E-state index contributed by atoms with van der Waals surface area (Å²) in [5, 5.41) is 0. The highest BCUT2D eigenvalue weighted by atomic mass is 16.6. The van der Waals surface area contributed by atoms with Gasteiger partial charge >= 0.3 is 17.9 Å². The van der Waals surface area contributed by atoms with Gasteiger partial charge in [-0.05, 0) is 57.8 Å². The smallest absolute Gasteiger partial charge is 0.306 e. The average molecular weight is 1090 g/mol. The number of hydrogen-bond donors (Lipinski definition) is 0. The lowest BCUT2D eigenvalue weighted by molar-refractivity contribution is -0.167. The summed E-state index contributed by atoms with van der Waals surface area (Å²) in [5.41, 5.74) is 0. The molecule has 0 spiro atoms. The summed E-state index contributed by atoms with van der Waals surface area (Å²) in [6.07, 6.45) is 84.9. The monoisotopic (exact) mass is 1090 g/mol. The highest BCUT2D eigenvalue weighted by Crippen LogP contribution is 2.19. The van der Waals surface area contributed by atoms with Crippen LogP contribution in [-0.4, -0.2) is 37.2 Å². The van der Waals surface area contributed by atoms with Gasteiger partial charge in [0.25, 0.3) is 0 Å². The normalized spacial score (nSPS) is 12.3. The molecule has 456 valence electrons. The number of esters is 3. The Morgan fingerprint density at radius 3 is 0.782 bits per heavy atom. The Morgan fingerprint density at radius 2 is 0.500 bits per heavy atom. The van der Waals surface area contributed by atoms with Gasteiger partial charge in [0, 0.05) is 19.3 Å². The Labute approximate surface area is 486 Å². The molecule has 0 saturated heterocycles. The summed E-state index contributed by atoms with van der Waals surface area (Å²) in [4.78, 5) is 38.0. The van der Waals surface area contributed by atoms with E-state index in [1.54, 1.807) is 0 Å². The molecular weight excluding hydrogens is 961 g/mol. The van der Waals surface area contributed by atoms with E-state index in [4.69, 9.17) is 14.2 Å². The van der Waals surface area contributed by atoms with Gasteiger partial charge in [0.1, 0.15) is 13.2 Å². The number of unbranched alkanes of at least 4 members (excludes halogenated alkanes) is 45. The fraction of sp³-hybridized carbons (Fsp3) is 0.847. The van der Waals surface area contributed by atoms with Gasteiger partial charge in [-0.1, -0.05) is 345 Å². The number of allylic oxidation sites excluding steroid dienone is 8. The third-order valence-electron chi connectivity index (χ3n) is 15.6. The molecule has 1 unspecified atom stereocenters. The van der Waals surface area contributed by atoms with Crippen LogP contribution < -0.4 is 0 Å². The maximum atomic E-state index is 12.8. The van der Waals surface area contributed by atoms with Crippen molar-refractivity contribution >= 4 is 17.9 Å². The Bertz CT molecular complexity index is 1350. The maximum absolute atomic E-state index is 12.8. The second-order valence-corrected chi connectivity index (χ2v) is 23.4. The van der Waals surface area contributed by atoms with Crippen LogP contribution in [0.3, 0.4) is 0 Å². The predicted octanol–water partition coefficient (Wildman–Crippen LogP) is 23.7. The molecule has 0 bridgehead atoms. The van der Waals surface area contributed by atoms with Crippen LogP contribution in [0.1, 0.15) is 374 Å². The molecule has 0 aliphatic rings. The van der Waals surface area contributed by atoms with Gasteiger partial charge < -0.3 is 14.2 Å². The van der Waals surface area contributed by atoms with E-state index in [-0.39, 0.29) is 31.1 Å². The molecular formula is C72H132O6. The molecule has 0 aromatic heterocycles. The Morgan fingerprint density at radius 1 is 0.269 bits per heavy atom. The van der Waals surface area contributed by atoms with E-state index in [9.17, 15) is 14.4 Å². The Kier molecular flexibility index (Phi) is 64.6. The van der Waals surface area contributed by atoms with Gasteiger partial charge in [-0.2, -0.15) is 0 Å². The average Bonchev–Trinajstić information content (AvgIpc) is 3.44. The SMILES string of the molecule is CC/C=C\C/C=C\C/C=C\C/C=C\CCCCCCCCCCCCCCCCCCCCCCCCC(=O)OCC(COC(=O)CCCCCCC)OC(=O)CCCCCCCCCCCCCCCCCCCCCC. The fourth-order valence-electron chi connectivity index (χ4n) is 10.4. The molecule has 1 atom stereocenters. The zero-order chi connectivity index (χ0) is 56.4. The van der Waals surface area contributed by atoms with Crippen molar-refractivity contribution in [2.24, 2.45) is 0 Å². The summed E-state index contributed by atoms with van der Waals surface area (Å²) in [6, 6.07) is 0. The van der Waals surface area contributed by atoms with Crippen molar-refractivity contribution in [2.45, 2.75) is 380 Å². The number of ether oxygens (including phenoxy) is 3. The van der Waals surface area contributed by atoms with Crippen molar-refractivity contribution in [3.05, 3.63) is 48.6 Å². The zero-order valence-corrected chi connectivity index (χ0v) is 52.5.